The van der Waals surface area contributed by atoms with E-state index < -0.39 is 0 Å². The molecule has 1 aliphatic heterocycles. The van der Waals surface area contributed by atoms with Gasteiger partial charge in [-0.3, -0.25) is 14.4 Å². The number of H-pyrrole nitrogens is 1. The van der Waals surface area contributed by atoms with Crippen LogP contribution in [0.5, 0.6) is 0 Å². The fourth-order valence-electron chi connectivity index (χ4n) is 4.11. The maximum absolute atomic E-state index is 13.2. The Bertz CT molecular complexity index is 1140. The van der Waals surface area contributed by atoms with Gasteiger partial charge in [-0.15, -0.1) is 0 Å². The van der Waals surface area contributed by atoms with Crippen molar-refractivity contribution in [2.45, 2.75) is 13.3 Å². The van der Waals surface area contributed by atoms with Gasteiger partial charge in [-0.25, -0.2) is 5.10 Å². The Morgan fingerprint density at radius 2 is 1.78 bits per heavy atom. The third-order valence-electron chi connectivity index (χ3n) is 5.82. The molecule has 1 aromatic heterocycles. The van der Waals surface area contributed by atoms with Gasteiger partial charge in [0.15, 0.2) is 0 Å². The molecule has 3 aromatic rings. The lowest BCUT2D eigenvalue weighted by atomic mass is 9.94. The SMILES string of the molecule is CCN1CCN(C(=O)c2ccc(=O)[nH]n2)C[C@@H](Cc2cccc(-c3ccccc3)c2)C1=O. The Kier molecular flexibility index (Phi) is 6.44. The standard InChI is InChI=1S/C25H26N4O3/c1-2-28-13-14-29(25(32)22-11-12-23(30)27-26-22)17-21(24(28)31)16-18-7-6-10-20(15-18)19-8-4-3-5-9-19/h3-12,15,21H,2,13-14,16-17H2,1H3,(H,27,30)/t21-/m1/s1. The van der Waals surface area contributed by atoms with E-state index in [0.29, 0.717) is 32.6 Å². The van der Waals surface area contributed by atoms with Gasteiger partial charge < -0.3 is 9.80 Å². The summed E-state index contributed by atoms with van der Waals surface area (Å²) in [6, 6.07) is 21.0. The van der Waals surface area contributed by atoms with Crippen molar-refractivity contribution in [3.8, 4) is 11.1 Å². The van der Waals surface area contributed by atoms with E-state index in [-0.39, 0.29) is 29.0 Å². The summed E-state index contributed by atoms with van der Waals surface area (Å²) in [5.74, 6) is -0.576. The van der Waals surface area contributed by atoms with Crippen LogP contribution in [0.3, 0.4) is 0 Å². The van der Waals surface area contributed by atoms with Gasteiger partial charge in [0.2, 0.25) is 5.91 Å². The van der Waals surface area contributed by atoms with Crippen LogP contribution in [0.4, 0.5) is 0 Å². The van der Waals surface area contributed by atoms with E-state index in [2.05, 4.69) is 34.5 Å². The lowest BCUT2D eigenvalue weighted by molar-refractivity contribution is -0.134. The molecule has 1 saturated heterocycles. The van der Waals surface area contributed by atoms with Crippen LogP contribution < -0.4 is 5.56 Å². The molecule has 2 aromatic carbocycles. The van der Waals surface area contributed by atoms with E-state index in [0.717, 1.165) is 16.7 Å². The fraction of sp³-hybridized carbons (Fsp3) is 0.280. The molecule has 164 valence electrons. The summed E-state index contributed by atoms with van der Waals surface area (Å²) in [5.41, 5.74) is 3.09. The van der Waals surface area contributed by atoms with Crippen molar-refractivity contribution in [1.82, 2.24) is 20.0 Å². The fourth-order valence-corrected chi connectivity index (χ4v) is 4.11. The predicted molar refractivity (Wildman–Crippen MR) is 122 cm³/mol. The van der Waals surface area contributed by atoms with E-state index in [1.807, 2.05) is 37.3 Å². The molecule has 0 unspecified atom stereocenters. The zero-order valence-corrected chi connectivity index (χ0v) is 18.0. The van der Waals surface area contributed by atoms with Crippen LogP contribution in [-0.2, 0) is 11.2 Å². The highest BCUT2D eigenvalue weighted by Crippen LogP contribution is 2.23. The van der Waals surface area contributed by atoms with Gasteiger partial charge in [0.1, 0.15) is 5.69 Å². The van der Waals surface area contributed by atoms with E-state index in [4.69, 9.17) is 0 Å². The summed E-state index contributed by atoms with van der Waals surface area (Å²) >= 11 is 0. The number of aromatic amines is 1. The number of rotatable bonds is 5. The molecule has 1 atom stereocenters. The molecular formula is C25H26N4O3. The lowest BCUT2D eigenvalue weighted by Crippen LogP contribution is -2.38. The number of hydrogen-bond acceptors (Lipinski definition) is 4. The number of aromatic nitrogens is 2. The number of likely N-dealkylation sites (N-methyl/N-ethyl adjacent to an activating group) is 1. The molecule has 7 heteroatoms. The molecule has 32 heavy (non-hydrogen) atoms. The molecule has 0 saturated carbocycles. The van der Waals surface area contributed by atoms with Crippen molar-refractivity contribution < 1.29 is 9.59 Å². The monoisotopic (exact) mass is 430 g/mol. The average molecular weight is 431 g/mol. The normalized spacial score (nSPS) is 16.7. The lowest BCUT2D eigenvalue weighted by Gasteiger charge is -2.23. The Morgan fingerprint density at radius 1 is 1.00 bits per heavy atom. The Morgan fingerprint density at radius 3 is 2.50 bits per heavy atom. The smallest absolute Gasteiger partial charge is 0.274 e. The van der Waals surface area contributed by atoms with Gasteiger partial charge in [0.05, 0.1) is 5.92 Å². The first-order valence-corrected chi connectivity index (χ1v) is 10.8. The molecule has 0 aliphatic carbocycles. The first-order chi connectivity index (χ1) is 15.5. The Hall–Kier alpha value is -3.74. The molecule has 1 aliphatic rings. The largest absolute Gasteiger partial charge is 0.341 e. The molecule has 0 radical (unpaired) electrons. The number of hydrogen-bond donors (Lipinski definition) is 1. The molecule has 2 amide bonds. The van der Waals surface area contributed by atoms with Gasteiger partial charge in [-0.05, 0) is 36.1 Å². The Labute approximate surface area is 186 Å². The number of carbonyl (C=O) groups is 2. The number of amides is 2. The van der Waals surface area contributed by atoms with E-state index in [1.165, 1.54) is 12.1 Å². The summed E-state index contributed by atoms with van der Waals surface area (Å²) in [6.07, 6.45) is 0.541. The van der Waals surface area contributed by atoms with Crippen LogP contribution in [-0.4, -0.2) is 58.0 Å². The highest BCUT2D eigenvalue weighted by atomic mass is 16.2. The predicted octanol–water partition coefficient (Wildman–Crippen LogP) is 2.60. The second kappa shape index (κ2) is 9.60. The van der Waals surface area contributed by atoms with Crippen LogP contribution >= 0.6 is 0 Å². The topological polar surface area (TPSA) is 86.4 Å². The number of benzene rings is 2. The number of nitrogens with zero attached hydrogens (tertiary/aromatic N) is 3. The van der Waals surface area contributed by atoms with Crippen LogP contribution in [0.2, 0.25) is 0 Å². The number of nitrogens with one attached hydrogen (secondary N) is 1. The third-order valence-corrected chi connectivity index (χ3v) is 5.82. The molecule has 4 rings (SSSR count). The first-order valence-electron chi connectivity index (χ1n) is 10.8. The van der Waals surface area contributed by atoms with Crippen LogP contribution in [0.25, 0.3) is 11.1 Å². The zero-order valence-electron chi connectivity index (χ0n) is 18.0. The van der Waals surface area contributed by atoms with Crippen molar-refractivity contribution in [3.63, 3.8) is 0 Å². The van der Waals surface area contributed by atoms with Gasteiger partial charge in [0, 0.05) is 32.2 Å². The molecule has 7 nitrogen and oxygen atoms in total. The minimum Gasteiger partial charge on any atom is -0.341 e. The summed E-state index contributed by atoms with van der Waals surface area (Å²) in [6.45, 7) is 3.76. The van der Waals surface area contributed by atoms with Gasteiger partial charge in [-0.1, -0.05) is 54.6 Å². The van der Waals surface area contributed by atoms with Gasteiger partial charge >= 0.3 is 0 Å². The Balaban J connectivity index is 1.58. The van der Waals surface area contributed by atoms with Crippen LogP contribution in [0.1, 0.15) is 23.0 Å². The second-order valence-corrected chi connectivity index (χ2v) is 7.94. The highest BCUT2D eigenvalue weighted by Gasteiger charge is 2.32. The quantitative estimate of drug-likeness (QED) is 0.674. The molecule has 2 heterocycles. The minimum atomic E-state index is -0.360. The molecule has 1 fully saturated rings. The molecular weight excluding hydrogens is 404 g/mol. The van der Waals surface area contributed by atoms with Crippen molar-refractivity contribution >= 4 is 11.8 Å². The second-order valence-electron chi connectivity index (χ2n) is 7.94. The van der Waals surface area contributed by atoms with E-state index >= 15 is 0 Å². The molecule has 0 spiro atoms. The average Bonchev–Trinajstić information content (AvgIpc) is 2.98. The maximum Gasteiger partial charge on any atom is 0.274 e. The van der Waals surface area contributed by atoms with Crippen molar-refractivity contribution in [3.05, 3.63) is 88.3 Å². The van der Waals surface area contributed by atoms with Crippen molar-refractivity contribution in [2.24, 2.45) is 5.92 Å². The van der Waals surface area contributed by atoms with Crippen LogP contribution in [0, 0.1) is 5.92 Å². The number of carbonyl (C=O) groups excluding carboxylic acids is 2. The van der Waals surface area contributed by atoms with Gasteiger partial charge in [0.25, 0.3) is 11.5 Å². The minimum absolute atomic E-state index is 0.0577. The highest BCUT2D eigenvalue weighted by molar-refractivity contribution is 5.93. The first kappa shape index (κ1) is 21.5. The van der Waals surface area contributed by atoms with Crippen LogP contribution in [0.15, 0.2) is 71.5 Å². The van der Waals surface area contributed by atoms with E-state index in [9.17, 15) is 14.4 Å². The summed E-state index contributed by atoms with van der Waals surface area (Å²) < 4.78 is 0. The van der Waals surface area contributed by atoms with Gasteiger partial charge in [-0.2, -0.15) is 5.10 Å². The van der Waals surface area contributed by atoms with Crippen molar-refractivity contribution in [1.29, 1.82) is 0 Å². The van der Waals surface area contributed by atoms with E-state index in [1.54, 1.807) is 9.80 Å². The third kappa shape index (κ3) is 4.77. The summed E-state index contributed by atoms with van der Waals surface area (Å²) in [7, 11) is 0. The molecule has 1 N–H and O–H groups in total. The maximum atomic E-state index is 13.2. The summed E-state index contributed by atoms with van der Waals surface area (Å²) in [5, 5.41) is 6.18. The van der Waals surface area contributed by atoms with Crippen molar-refractivity contribution in [2.75, 3.05) is 26.2 Å². The zero-order chi connectivity index (χ0) is 22.5. The summed E-state index contributed by atoms with van der Waals surface area (Å²) in [4.78, 5) is 41.0. The molecule has 0 bridgehead atoms.